The van der Waals surface area contributed by atoms with Gasteiger partial charge in [-0.2, -0.15) is 0 Å². The minimum absolute atomic E-state index is 0.415. The van der Waals surface area contributed by atoms with Gasteiger partial charge in [-0.25, -0.2) is 9.78 Å². The Morgan fingerprint density at radius 2 is 2.00 bits per heavy atom. The molecule has 1 aliphatic rings. The number of fused-ring (bicyclic) bond motifs is 1. The summed E-state index contributed by atoms with van der Waals surface area (Å²) in [5.74, 6) is -1.14. The van der Waals surface area contributed by atoms with Gasteiger partial charge in [-0.1, -0.05) is 25.0 Å². The molecule has 1 heterocycles. The molecule has 1 atom stereocenters. The maximum Gasteiger partial charge on any atom is 0.318 e. The molecule has 1 saturated carbocycles. The molecule has 1 fully saturated rings. The number of ether oxygens (including phenoxy) is 1. The van der Waals surface area contributed by atoms with Crippen molar-refractivity contribution in [1.29, 1.82) is 0 Å². The molecule has 0 aliphatic heterocycles. The van der Waals surface area contributed by atoms with E-state index in [2.05, 4.69) is 4.98 Å². The third kappa shape index (κ3) is 3.85. The van der Waals surface area contributed by atoms with Crippen molar-refractivity contribution >= 4 is 39.5 Å². The van der Waals surface area contributed by atoms with Crippen molar-refractivity contribution in [2.45, 2.75) is 45.1 Å². The molecule has 1 aromatic heterocycles. The van der Waals surface area contributed by atoms with Crippen LogP contribution in [0.4, 0.5) is 4.79 Å². The Morgan fingerprint density at radius 3 is 2.65 bits per heavy atom. The van der Waals surface area contributed by atoms with E-state index in [1.54, 1.807) is 11.3 Å². The summed E-state index contributed by atoms with van der Waals surface area (Å²) in [4.78, 5) is 40.0. The van der Waals surface area contributed by atoms with Crippen molar-refractivity contribution in [3.05, 3.63) is 29.3 Å². The zero-order valence-corrected chi connectivity index (χ0v) is 15.3. The molecular weight excluding hydrogens is 354 g/mol. The molecule has 1 unspecified atom stereocenters. The number of benzene rings is 1. The van der Waals surface area contributed by atoms with Gasteiger partial charge in [0.25, 0.3) is 5.91 Å². The molecule has 3 amide bonds. The molecule has 1 aromatic carbocycles. The van der Waals surface area contributed by atoms with Crippen molar-refractivity contribution in [2.24, 2.45) is 11.1 Å². The van der Waals surface area contributed by atoms with Crippen LogP contribution in [-0.4, -0.2) is 29.0 Å². The second kappa shape index (κ2) is 7.41. The smallest absolute Gasteiger partial charge is 0.318 e. The number of aromatic nitrogens is 1. The Morgan fingerprint density at radius 1 is 1.31 bits per heavy atom. The highest BCUT2D eigenvalue weighted by Gasteiger charge is 2.44. The quantitative estimate of drug-likeness (QED) is 0.780. The molecule has 0 spiro atoms. The molecule has 3 N–H and O–H groups in total. The molecule has 0 saturated heterocycles. The number of para-hydroxylation sites is 1. The SMILES string of the molecule is CC(OC(=O)C1(Cc2nc3ccccc3s2)CCCC1)C(=O)NC(N)=O. The number of thiazole rings is 1. The molecule has 3 rings (SSSR count). The van der Waals surface area contributed by atoms with Gasteiger partial charge in [-0.05, 0) is 31.9 Å². The Labute approximate surface area is 154 Å². The van der Waals surface area contributed by atoms with E-state index < -0.39 is 29.4 Å². The highest BCUT2D eigenvalue weighted by molar-refractivity contribution is 7.18. The third-order valence-electron chi connectivity index (χ3n) is 4.72. The number of imide groups is 1. The van der Waals surface area contributed by atoms with E-state index in [-0.39, 0.29) is 0 Å². The number of nitrogens with two attached hydrogens (primary N) is 1. The number of rotatable bonds is 5. The van der Waals surface area contributed by atoms with Gasteiger partial charge >= 0.3 is 12.0 Å². The van der Waals surface area contributed by atoms with Crippen molar-refractivity contribution < 1.29 is 19.1 Å². The van der Waals surface area contributed by atoms with E-state index >= 15 is 0 Å². The first kappa shape index (κ1) is 18.3. The van der Waals surface area contributed by atoms with E-state index in [9.17, 15) is 14.4 Å². The second-order valence-electron chi connectivity index (χ2n) is 6.64. The monoisotopic (exact) mass is 375 g/mol. The second-order valence-corrected chi connectivity index (χ2v) is 7.76. The summed E-state index contributed by atoms with van der Waals surface area (Å²) in [7, 11) is 0. The predicted octanol–water partition coefficient (Wildman–Crippen LogP) is 2.53. The van der Waals surface area contributed by atoms with Gasteiger partial charge in [0, 0.05) is 6.42 Å². The van der Waals surface area contributed by atoms with Gasteiger partial charge in [0.1, 0.15) is 0 Å². The summed E-state index contributed by atoms with van der Waals surface area (Å²) in [6.45, 7) is 1.43. The molecule has 26 heavy (non-hydrogen) atoms. The topological polar surface area (TPSA) is 111 Å². The number of hydrogen-bond acceptors (Lipinski definition) is 6. The highest BCUT2D eigenvalue weighted by atomic mass is 32.1. The van der Waals surface area contributed by atoms with E-state index in [1.165, 1.54) is 6.92 Å². The Balaban J connectivity index is 1.75. The van der Waals surface area contributed by atoms with Crippen LogP contribution >= 0.6 is 11.3 Å². The molecular formula is C18H21N3O4S. The minimum Gasteiger partial charge on any atom is -0.452 e. The number of nitrogens with one attached hydrogen (secondary N) is 1. The van der Waals surface area contributed by atoms with Crippen LogP contribution in [0.15, 0.2) is 24.3 Å². The highest BCUT2D eigenvalue weighted by Crippen LogP contribution is 2.43. The normalized spacial score (nSPS) is 17.0. The summed E-state index contributed by atoms with van der Waals surface area (Å²) >= 11 is 1.57. The van der Waals surface area contributed by atoms with Crippen molar-refractivity contribution in [1.82, 2.24) is 10.3 Å². The Bertz CT molecular complexity index is 809. The average Bonchev–Trinajstić information content (AvgIpc) is 3.21. The van der Waals surface area contributed by atoms with Crippen molar-refractivity contribution in [2.75, 3.05) is 0 Å². The fourth-order valence-electron chi connectivity index (χ4n) is 3.35. The maximum absolute atomic E-state index is 12.8. The first-order valence-corrected chi connectivity index (χ1v) is 9.37. The Hall–Kier alpha value is -2.48. The van der Waals surface area contributed by atoms with Crippen LogP contribution < -0.4 is 11.1 Å². The molecule has 138 valence electrons. The molecule has 2 aromatic rings. The van der Waals surface area contributed by atoms with Crippen LogP contribution in [0.2, 0.25) is 0 Å². The summed E-state index contributed by atoms with van der Waals surface area (Å²) in [6.07, 6.45) is 2.68. The number of carbonyl (C=O) groups is 3. The summed E-state index contributed by atoms with van der Waals surface area (Å²) in [5.41, 5.74) is 5.18. The molecule has 7 nitrogen and oxygen atoms in total. The number of urea groups is 1. The van der Waals surface area contributed by atoms with Gasteiger partial charge in [-0.3, -0.25) is 14.9 Å². The standard InChI is InChI=1S/C18H21N3O4S/c1-11(15(22)21-17(19)24)25-16(23)18(8-4-5-9-18)10-14-20-12-6-2-3-7-13(12)26-14/h2-3,6-7,11H,4-5,8-10H2,1H3,(H3,19,21,22,24). The first-order chi connectivity index (χ1) is 12.4. The van der Waals surface area contributed by atoms with Gasteiger partial charge in [-0.15, -0.1) is 11.3 Å². The van der Waals surface area contributed by atoms with Crippen molar-refractivity contribution in [3.63, 3.8) is 0 Å². The third-order valence-corrected chi connectivity index (χ3v) is 5.76. The maximum atomic E-state index is 12.8. The lowest BCUT2D eigenvalue weighted by atomic mass is 9.83. The number of carbonyl (C=O) groups excluding carboxylic acids is 3. The van der Waals surface area contributed by atoms with Crippen LogP contribution in [0.25, 0.3) is 10.2 Å². The number of primary amides is 1. The molecule has 0 bridgehead atoms. The van der Waals surface area contributed by atoms with Crippen LogP contribution in [-0.2, 0) is 20.7 Å². The summed E-state index contributed by atoms with van der Waals surface area (Å²) < 4.78 is 6.45. The van der Waals surface area contributed by atoms with E-state index in [0.717, 1.165) is 28.1 Å². The fraction of sp³-hybridized carbons (Fsp3) is 0.444. The first-order valence-electron chi connectivity index (χ1n) is 8.55. The summed E-state index contributed by atoms with van der Waals surface area (Å²) in [6, 6.07) is 6.88. The van der Waals surface area contributed by atoms with Crippen LogP contribution in [0.3, 0.4) is 0 Å². The van der Waals surface area contributed by atoms with E-state index in [1.807, 2.05) is 29.6 Å². The van der Waals surface area contributed by atoms with Crippen LogP contribution in [0.1, 0.15) is 37.6 Å². The lowest BCUT2D eigenvalue weighted by molar-refractivity contribution is -0.164. The molecule has 0 radical (unpaired) electrons. The van der Waals surface area contributed by atoms with E-state index in [4.69, 9.17) is 10.5 Å². The lowest BCUT2D eigenvalue weighted by Crippen LogP contribution is -2.44. The zero-order chi connectivity index (χ0) is 18.7. The fourth-order valence-corrected chi connectivity index (χ4v) is 4.46. The van der Waals surface area contributed by atoms with Gasteiger partial charge in [0.05, 0.1) is 20.6 Å². The number of nitrogens with zero attached hydrogens (tertiary/aromatic N) is 1. The zero-order valence-electron chi connectivity index (χ0n) is 14.5. The van der Waals surface area contributed by atoms with Gasteiger partial charge < -0.3 is 10.5 Å². The number of esters is 1. The van der Waals surface area contributed by atoms with Crippen LogP contribution in [0.5, 0.6) is 0 Å². The molecule has 1 aliphatic carbocycles. The largest absolute Gasteiger partial charge is 0.452 e. The predicted molar refractivity (Wildman–Crippen MR) is 97.5 cm³/mol. The molecule has 8 heteroatoms. The minimum atomic E-state index is -1.08. The number of hydrogen-bond donors (Lipinski definition) is 2. The lowest BCUT2D eigenvalue weighted by Gasteiger charge is -2.27. The van der Waals surface area contributed by atoms with Gasteiger partial charge in [0.2, 0.25) is 0 Å². The Kier molecular flexibility index (Phi) is 5.22. The number of amides is 3. The van der Waals surface area contributed by atoms with E-state index in [0.29, 0.717) is 19.3 Å². The van der Waals surface area contributed by atoms with Crippen molar-refractivity contribution in [3.8, 4) is 0 Å². The van der Waals surface area contributed by atoms with Crippen LogP contribution in [0, 0.1) is 5.41 Å². The van der Waals surface area contributed by atoms with Gasteiger partial charge in [0.15, 0.2) is 6.10 Å². The summed E-state index contributed by atoms with van der Waals surface area (Å²) in [5, 5.41) is 2.82. The average molecular weight is 375 g/mol.